The summed E-state index contributed by atoms with van der Waals surface area (Å²) in [4.78, 5) is 16.8. The number of amides is 1. The van der Waals surface area contributed by atoms with E-state index < -0.39 is 0 Å². The molecular formula is C17H13FN2OS. The van der Waals surface area contributed by atoms with Crippen LogP contribution in [0.2, 0.25) is 0 Å². The van der Waals surface area contributed by atoms with Crippen molar-refractivity contribution < 1.29 is 9.18 Å². The Hall–Kier alpha value is -2.40. The smallest absolute Gasteiger partial charge is 0.264 e. The molecule has 0 spiro atoms. The molecular weight excluding hydrogens is 299 g/mol. The zero-order valence-electron chi connectivity index (χ0n) is 11.8. The highest BCUT2D eigenvalue weighted by atomic mass is 32.2. The minimum absolute atomic E-state index is 0.263. The molecule has 0 radical (unpaired) electrons. The second kappa shape index (κ2) is 6.15. The van der Waals surface area contributed by atoms with Gasteiger partial charge in [-0.25, -0.2) is 9.38 Å². The Labute approximate surface area is 132 Å². The molecule has 2 aromatic rings. The Kier molecular flexibility index (Phi) is 4.06. The summed E-state index contributed by atoms with van der Waals surface area (Å²) in [6.45, 7) is 1.96. The monoisotopic (exact) mass is 312 g/mol. The van der Waals surface area contributed by atoms with Gasteiger partial charge in [0.15, 0.2) is 5.17 Å². The molecule has 1 fully saturated rings. The molecule has 0 bridgehead atoms. The van der Waals surface area contributed by atoms with Crippen LogP contribution in [0.15, 0.2) is 58.4 Å². The minimum Gasteiger partial charge on any atom is -0.300 e. The highest BCUT2D eigenvalue weighted by Gasteiger charge is 2.24. The first-order chi connectivity index (χ1) is 10.6. The number of nitrogens with zero attached hydrogens (tertiary/aromatic N) is 1. The molecule has 110 valence electrons. The summed E-state index contributed by atoms with van der Waals surface area (Å²) in [7, 11) is 0. The topological polar surface area (TPSA) is 41.5 Å². The highest BCUT2D eigenvalue weighted by molar-refractivity contribution is 8.18. The fourth-order valence-electron chi connectivity index (χ4n) is 2.01. The first-order valence-electron chi connectivity index (χ1n) is 6.73. The van der Waals surface area contributed by atoms with Gasteiger partial charge in [-0.15, -0.1) is 0 Å². The van der Waals surface area contributed by atoms with Crippen molar-refractivity contribution in [2.45, 2.75) is 6.92 Å². The number of thioether (sulfide) groups is 1. The van der Waals surface area contributed by atoms with Crippen molar-refractivity contribution in [2.75, 3.05) is 0 Å². The van der Waals surface area contributed by atoms with Gasteiger partial charge in [0.25, 0.3) is 5.91 Å². The summed E-state index contributed by atoms with van der Waals surface area (Å²) in [6.07, 6.45) is 1.54. The van der Waals surface area contributed by atoms with E-state index in [4.69, 9.17) is 0 Å². The summed E-state index contributed by atoms with van der Waals surface area (Å²) < 4.78 is 13.7. The zero-order valence-corrected chi connectivity index (χ0v) is 12.7. The summed E-state index contributed by atoms with van der Waals surface area (Å²) in [6, 6.07) is 14.0. The van der Waals surface area contributed by atoms with Crippen LogP contribution < -0.4 is 5.32 Å². The number of carbonyl (C=O) groups excluding carboxylic acids is 1. The molecule has 0 saturated carbocycles. The molecule has 1 amide bonds. The third-order valence-corrected chi connectivity index (χ3v) is 4.09. The number of amidine groups is 1. The van der Waals surface area contributed by atoms with Crippen molar-refractivity contribution >= 4 is 34.6 Å². The molecule has 1 aliphatic rings. The van der Waals surface area contributed by atoms with E-state index >= 15 is 0 Å². The molecule has 1 heterocycles. The molecule has 0 atom stereocenters. The van der Waals surface area contributed by atoms with Gasteiger partial charge < -0.3 is 5.32 Å². The van der Waals surface area contributed by atoms with Crippen LogP contribution in [0.25, 0.3) is 6.08 Å². The zero-order chi connectivity index (χ0) is 15.5. The number of hydrogen-bond donors (Lipinski definition) is 1. The minimum atomic E-state index is -0.354. The van der Waals surface area contributed by atoms with Gasteiger partial charge in [0.2, 0.25) is 0 Å². The average molecular weight is 312 g/mol. The van der Waals surface area contributed by atoms with Crippen molar-refractivity contribution in [3.63, 3.8) is 0 Å². The molecule has 0 aromatic heterocycles. The van der Waals surface area contributed by atoms with Crippen LogP contribution >= 0.6 is 11.8 Å². The van der Waals surface area contributed by atoms with E-state index in [0.717, 1.165) is 11.3 Å². The van der Waals surface area contributed by atoms with E-state index in [1.54, 1.807) is 18.2 Å². The number of para-hydroxylation sites is 1. The van der Waals surface area contributed by atoms with Crippen molar-refractivity contribution in [3.8, 4) is 0 Å². The summed E-state index contributed by atoms with van der Waals surface area (Å²) >= 11 is 1.21. The number of nitrogens with one attached hydrogen (secondary N) is 1. The van der Waals surface area contributed by atoms with Gasteiger partial charge in [-0.3, -0.25) is 4.79 Å². The number of rotatable bonds is 2. The molecule has 0 aliphatic carbocycles. The number of hydrogen-bond acceptors (Lipinski definition) is 3. The fraction of sp³-hybridized carbons (Fsp3) is 0.0588. The van der Waals surface area contributed by atoms with Crippen LogP contribution in [0, 0.1) is 12.7 Å². The number of halogens is 1. The third-order valence-electron chi connectivity index (χ3n) is 3.18. The van der Waals surface area contributed by atoms with Crippen LogP contribution in [0.5, 0.6) is 0 Å². The Morgan fingerprint density at radius 3 is 2.64 bits per heavy atom. The maximum Gasteiger partial charge on any atom is 0.264 e. The lowest BCUT2D eigenvalue weighted by atomic mass is 10.2. The van der Waals surface area contributed by atoms with E-state index in [1.807, 2.05) is 31.2 Å². The van der Waals surface area contributed by atoms with Gasteiger partial charge in [-0.05, 0) is 42.5 Å². The number of aryl methyl sites for hydroxylation is 1. The lowest BCUT2D eigenvalue weighted by molar-refractivity contribution is -0.115. The lowest BCUT2D eigenvalue weighted by Crippen LogP contribution is -2.19. The Morgan fingerprint density at radius 2 is 1.86 bits per heavy atom. The SMILES string of the molecule is Cc1ccccc1N=C1NC(=O)/C(=C/c2ccccc2F)S1. The first-order valence-corrected chi connectivity index (χ1v) is 7.55. The molecule has 2 aromatic carbocycles. The number of benzene rings is 2. The number of carbonyl (C=O) groups is 1. The first kappa shape index (κ1) is 14.5. The summed E-state index contributed by atoms with van der Waals surface area (Å²) in [5.74, 6) is -0.617. The van der Waals surface area contributed by atoms with Crippen molar-refractivity contribution in [2.24, 2.45) is 4.99 Å². The molecule has 5 heteroatoms. The predicted molar refractivity (Wildman–Crippen MR) is 88.4 cm³/mol. The van der Waals surface area contributed by atoms with E-state index in [2.05, 4.69) is 10.3 Å². The Morgan fingerprint density at radius 1 is 1.14 bits per heavy atom. The molecule has 1 N–H and O–H groups in total. The molecule has 22 heavy (non-hydrogen) atoms. The summed E-state index contributed by atoms with van der Waals surface area (Å²) in [5.41, 5.74) is 2.21. The van der Waals surface area contributed by atoms with E-state index in [-0.39, 0.29) is 11.7 Å². The van der Waals surface area contributed by atoms with Crippen molar-refractivity contribution in [1.82, 2.24) is 5.32 Å². The van der Waals surface area contributed by atoms with Crippen LogP contribution in [-0.2, 0) is 4.79 Å². The van der Waals surface area contributed by atoms with Crippen molar-refractivity contribution in [1.29, 1.82) is 0 Å². The van der Waals surface area contributed by atoms with Gasteiger partial charge in [0.1, 0.15) is 5.82 Å². The average Bonchev–Trinajstić information content (AvgIpc) is 2.84. The van der Waals surface area contributed by atoms with Crippen LogP contribution in [0.4, 0.5) is 10.1 Å². The normalized spacial score (nSPS) is 18.0. The van der Waals surface area contributed by atoms with E-state index in [0.29, 0.717) is 15.6 Å². The fourth-order valence-corrected chi connectivity index (χ4v) is 2.84. The molecule has 0 unspecified atom stereocenters. The van der Waals surface area contributed by atoms with Gasteiger partial charge in [0, 0.05) is 5.56 Å². The van der Waals surface area contributed by atoms with Gasteiger partial charge in [-0.2, -0.15) is 0 Å². The maximum atomic E-state index is 13.7. The quantitative estimate of drug-likeness (QED) is 0.851. The van der Waals surface area contributed by atoms with E-state index in [9.17, 15) is 9.18 Å². The van der Waals surface area contributed by atoms with Crippen LogP contribution in [0.1, 0.15) is 11.1 Å². The largest absolute Gasteiger partial charge is 0.300 e. The Bertz CT molecular complexity index is 799. The van der Waals surface area contributed by atoms with Gasteiger partial charge >= 0.3 is 0 Å². The molecule has 1 aliphatic heterocycles. The van der Waals surface area contributed by atoms with E-state index in [1.165, 1.54) is 23.9 Å². The summed E-state index contributed by atoms with van der Waals surface area (Å²) in [5, 5.41) is 3.20. The second-order valence-corrected chi connectivity index (χ2v) is 5.82. The predicted octanol–water partition coefficient (Wildman–Crippen LogP) is 4.03. The standard InChI is InChI=1S/C17H13FN2OS/c1-11-6-2-5-9-14(11)19-17-20-16(21)15(22-17)10-12-7-3-4-8-13(12)18/h2-10H,1H3,(H,19,20,21)/b15-10-. The molecule has 3 nitrogen and oxygen atoms in total. The Balaban J connectivity index is 1.88. The molecule has 1 saturated heterocycles. The van der Waals surface area contributed by atoms with Crippen molar-refractivity contribution in [3.05, 3.63) is 70.4 Å². The lowest BCUT2D eigenvalue weighted by Gasteiger charge is -1.99. The van der Waals surface area contributed by atoms with Gasteiger partial charge in [0.05, 0.1) is 10.6 Å². The highest BCUT2D eigenvalue weighted by Crippen LogP contribution is 2.29. The van der Waals surface area contributed by atoms with Crippen LogP contribution in [-0.4, -0.2) is 11.1 Å². The second-order valence-electron chi connectivity index (χ2n) is 4.79. The molecule has 3 rings (SSSR count). The van der Waals surface area contributed by atoms with Gasteiger partial charge in [-0.1, -0.05) is 36.4 Å². The maximum absolute atomic E-state index is 13.7. The third kappa shape index (κ3) is 3.09. The van der Waals surface area contributed by atoms with Crippen LogP contribution in [0.3, 0.4) is 0 Å². The number of aliphatic imine (C=N–C) groups is 1.